The number of hydrogen-bond donors (Lipinski definition) is 1. The van der Waals surface area contributed by atoms with Gasteiger partial charge in [0, 0.05) is 24.6 Å². The Balaban J connectivity index is 2.20. The van der Waals surface area contributed by atoms with Crippen LogP contribution in [0.5, 0.6) is 0 Å². The minimum Gasteiger partial charge on any atom is -0.287 e. The Morgan fingerprint density at radius 3 is 3.31 bits per heavy atom. The third-order valence-electron chi connectivity index (χ3n) is 2.29. The molecular formula is C9H11N3O3S. The predicted molar refractivity (Wildman–Crippen MR) is 57.9 cm³/mol. The Labute approximate surface area is 96.0 Å². The molecule has 16 heavy (non-hydrogen) atoms. The van der Waals surface area contributed by atoms with E-state index in [4.69, 9.17) is 0 Å². The smallest absolute Gasteiger partial charge is 0.254 e. The molecule has 1 amide bonds. The fourth-order valence-corrected chi connectivity index (χ4v) is 2.56. The SMILES string of the molecule is CONC(=O)C1CSc2nccc(=O)n2C1. The summed E-state index contributed by atoms with van der Waals surface area (Å²) in [5.41, 5.74) is 2.15. The predicted octanol–water partition coefficient (Wildman–Crippen LogP) is -0.357. The average molecular weight is 241 g/mol. The summed E-state index contributed by atoms with van der Waals surface area (Å²) in [6.07, 6.45) is 1.48. The highest BCUT2D eigenvalue weighted by atomic mass is 32.2. The standard InChI is InChI=1S/C9H11N3O3S/c1-15-11-8(14)6-4-12-7(13)2-3-10-9(12)16-5-6/h2-3,6H,4-5H2,1H3,(H,11,14). The van der Waals surface area contributed by atoms with Crippen LogP contribution in [-0.2, 0) is 16.2 Å². The summed E-state index contributed by atoms with van der Waals surface area (Å²) < 4.78 is 1.51. The van der Waals surface area contributed by atoms with Gasteiger partial charge in [0.15, 0.2) is 5.16 Å². The molecule has 1 aliphatic heterocycles. The van der Waals surface area contributed by atoms with Crippen molar-refractivity contribution in [3.8, 4) is 0 Å². The van der Waals surface area contributed by atoms with Crippen LogP contribution in [0.25, 0.3) is 0 Å². The Hall–Kier alpha value is -1.34. The van der Waals surface area contributed by atoms with Gasteiger partial charge in [0.25, 0.3) is 5.56 Å². The second-order valence-corrected chi connectivity index (χ2v) is 4.34. The molecule has 2 heterocycles. The maximum Gasteiger partial charge on any atom is 0.254 e. The Bertz CT molecular complexity index is 460. The van der Waals surface area contributed by atoms with Crippen molar-refractivity contribution in [2.75, 3.05) is 12.9 Å². The molecule has 0 spiro atoms. The molecule has 7 heteroatoms. The molecule has 1 N–H and O–H groups in total. The lowest BCUT2D eigenvalue weighted by Gasteiger charge is -2.23. The number of amides is 1. The van der Waals surface area contributed by atoms with E-state index in [0.29, 0.717) is 17.5 Å². The third kappa shape index (κ3) is 2.10. The number of hydrogen-bond acceptors (Lipinski definition) is 5. The van der Waals surface area contributed by atoms with Crippen molar-refractivity contribution in [1.29, 1.82) is 0 Å². The van der Waals surface area contributed by atoms with Gasteiger partial charge in [-0.25, -0.2) is 10.5 Å². The zero-order valence-corrected chi connectivity index (χ0v) is 9.49. The van der Waals surface area contributed by atoms with Crippen molar-refractivity contribution >= 4 is 17.7 Å². The summed E-state index contributed by atoms with van der Waals surface area (Å²) in [5, 5.41) is 0.661. The zero-order chi connectivity index (χ0) is 11.5. The first kappa shape index (κ1) is 11.2. The molecule has 0 aromatic carbocycles. The van der Waals surface area contributed by atoms with Crippen LogP contribution in [0, 0.1) is 5.92 Å². The van der Waals surface area contributed by atoms with Gasteiger partial charge in [0.05, 0.1) is 13.0 Å². The number of carbonyl (C=O) groups excluding carboxylic acids is 1. The summed E-state index contributed by atoms with van der Waals surface area (Å²) in [4.78, 5) is 31.7. The first-order valence-electron chi connectivity index (χ1n) is 4.74. The monoisotopic (exact) mass is 241 g/mol. The number of aromatic nitrogens is 2. The molecule has 0 saturated carbocycles. The Kier molecular flexibility index (Phi) is 3.25. The fraction of sp³-hybridized carbons (Fsp3) is 0.444. The summed E-state index contributed by atoms with van der Waals surface area (Å²) in [6, 6.07) is 1.39. The van der Waals surface area contributed by atoms with Gasteiger partial charge >= 0.3 is 0 Å². The second-order valence-electron chi connectivity index (χ2n) is 3.35. The van der Waals surface area contributed by atoms with E-state index < -0.39 is 0 Å². The first-order chi connectivity index (χ1) is 7.72. The van der Waals surface area contributed by atoms with Gasteiger partial charge in [0.2, 0.25) is 5.91 Å². The van der Waals surface area contributed by atoms with Crippen LogP contribution in [0.4, 0.5) is 0 Å². The van der Waals surface area contributed by atoms with Gasteiger partial charge in [0.1, 0.15) is 0 Å². The number of hydroxylamine groups is 1. The maximum atomic E-state index is 11.5. The van der Waals surface area contributed by atoms with Crippen molar-refractivity contribution in [3.05, 3.63) is 22.6 Å². The van der Waals surface area contributed by atoms with Crippen LogP contribution in [0.15, 0.2) is 22.2 Å². The van der Waals surface area contributed by atoms with Crippen LogP contribution in [0.3, 0.4) is 0 Å². The molecule has 0 fully saturated rings. The molecule has 6 nitrogen and oxygen atoms in total. The van der Waals surface area contributed by atoms with E-state index in [9.17, 15) is 9.59 Å². The normalized spacial score (nSPS) is 18.9. The molecule has 1 unspecified atom stereocenters. The van der Waals surface area contributed by atoms with Crippen LogP contribution in [-0.4, -0.2) is 28.3 Å². The summed E-state index contributed by atoms with van der Waals surface area (Å²) in [6.45, 7) is 0.351. The molecule has 86 valence electrons. The lowest BCUT2D eigenvalue weighted by atomic mass is 10.1. The van der Waals surface area contributed by atoms with E-state index in [1.54, 1.807) is 0 Å². The second kappa shape index (κ2) is 4.67. The Morgan fingerprint density at radius 1 is 1.75 bits per heavy atom. The highest BCUT2D eigenvalue weighted by Gasteiger charge is 2.26. The van der Waals surface area contributed by atoms with Gasteiger partial charge < -0.3 is 0 Å². The largest absolute Gasteiger partial charge is 0.287 e. The lowest BCUT2D eigenvalue weighted by molar-refractivity contribution is -0.135. The van der Waals surface area contributed by atoms with E-state index in [1.807, 2.05) is 0 Å². The van der Waals surface area contributed by atoms with Crippen molar-refractivity contribution in [2.24, 2.45) is 5.92 Å². The molecule has 2 rings (SSSR count). The van der Waals surface area contributed by atoms with Crippen LogP contribution in [0.1, 0.15) is 0 Å². The fourth-order valence-electron chi connectivity index (χ4n) is 1.49. The molecule has 1 atom stereocenters. The van der Waals surface area contributed by atoms with Gasteiger partial charge in [-0.15, -0.1) is 0 Å². The van der Waals surface area contributed by atoms with Gasteiger partial charge in [-0.1, -0.05) is 11.8 Å². The topological polar surface area (TPSA) is 73.2 Å². The number of nitrogens with one attached hydrogen (secondary N) is 1. The number of thioether (sulfide) groups is 1. The highest BCUT2D eigenvalue weighted by molar-refractivity contribution is 7.99. The molecular weight excluding hydrogens is 230 g/mol. The Morgan fingerprint density at radius 2 is 2.56 bits per heavy atom. The number of nitrogens with zero attached hydrogens (tertiary/aromatic N) is 2. The molecule has 0 saturated heterocycles. The van der Waals surface area contributed by atoms with E-state index in [0.717, 1.165) is 0 Å². The lowest BCUT2D eigenvalue weighted by Crippen LogP contribution is -2.39. The molecule has 1 aliphatic rings. The van der Waals surface area contributed by atoms with E-state index >= 15 is 0 Å². The van der Waals surface area contributed by atoms with Gasteiger partial charge in [-0.3, -0.25) is 19.0 Å². The highest BCUT2D eigenvalue weighted by Crippen LogP contribution is 2.24. The summed E-state index contributed by atoms with van der Waals surface area (Å²) in [7, 11) is 1.38. The third-order valence-corrected chi connectivity index (χ3v) is 3.44. The van der Waals surface area contributed by atoms with Crippen molar-refractivity contribution in [2.45, 2.75) is 11.7 Å². The van der Waals surface area contributed by atoms with Gasteiger partial charge in [-0.2, -0.15) is 0 Å². The molecule has 0 radical (unpaired) electrons. The quantitative estimate of drug-likeness (QED) is 0.565. The minimum atomic E-state index is -0.264. The van der Waals surface area contributed by atoms with E-state index in [-0.39, 0.29) is 17.4 Å². The minimum absolute atomic E-state index is 0.132. The first-order valence-corrected chi connectivity index (χ1v) is 5.72. The number of carbonyl (C=O) groups is 1. The van der Waals surface area contributed by atoms with Gasteiger partial charge in [-0.05, 0) is 0 Å². The molecule has 0 aliphatic carbocycles. The van der Waals surface area contributed by atoms with E-state index in [1.165, 1.54) is 35.7 Å². The van der Waals surface area contributed by atoms with Crippen LogP contribution in [0.2, 0.25) is 0 Å². The van der Waals surface area contributed by atoms with Crippen molar-refractivity contribution in [1.82, 2.24) is 15.0 Å². The summed E-state index contributed by atoms with van der Waals surface area (Å²) >= 11 is 1.40. The zero-order valence-electron chi connectivity index (χ0n) is 8.67. The van der Waals surface area contributed by atoms with Crippen LogP contribution >= 0.6 is 11.8 Å². The molecule has 0 bridgehead atoms. The molecule has 1 aromatic heterocycles. The molecule has 1 aromatic rings. The van der Waals surface area contributed by atoms with Crippen LogP contribution < -0.4 is 11.0 Å². The van der Waals surface area contributed by atoms with Crippen molar-refractivity contribution < 1.29 is 9.63 Å². The summed E-state index contributed by atoms with van der Waals surface area (Å²) in [5.74, 6) is 0.127. The maximum absolute atomic E-state index is 11.5. The number of fused-ring (bicyclic) bond motifs is 1. The van der Waals surface area contributed by atoms with E-state index in [2.05, 4.69) is 15.3 Å². The average Bonchev–Trinajstić information content (AvgIpc) is 2.29. The van der Waals surface area contributed by atoms with Crippen molar-refractivity contribution in [3.63, 3.8) is 0 Å². The number of rotatable bonds is 2.